The molecule has 1 fully saturated rings. The molecule has 4 nitrogen and oxygen atoms in total. The van der Waals surface area contributed by atoms with E-state index < -0.39 is 5.82 Å². The van der Waals surface area contributed by atoms with Gasteiger partial charge in [0.2, 0.25) is 0 Å². The van der Waals surface area contributed by atoms with Crippen LogP contribution in [-0.2, 0) is 0 Å². The predicted octanol–water partition coefficient (Wildman–Crippen LogP) is 3.44. The highest BCUT2D eigenvalue weighted by Crippen LogP contribution is 2.29. The number of benzene rings is 2. The molecular formula is C21H25FN2O2. The van der Waals surface area contributed by atoms with Gasteiger partial charge in [-0.15, -0.1) is 0 Å². The number of carbonyl (C=O) groups excluding carboxylic acids is 1. The fraction of sp³-hybridized carbons (Fsp3) is 0.381. The summed E-state index contributed by atoms with van der Waals surface area (Å²) in [6.07, 6.45) is 1.06. The first kappa shape index (κ1) is 18.4. The quantitative estimate of drug-likeness (QED) is 0.862. The molecule has 0 saturated carbocycles. The number of ether oxygens (including phenoxy) is 1. The molecule has 1 amide bonds. The molecule has 1 saturated heterocycles. The van der Waals surface area contributed by atoms with Crippen LogP contribution in [0.1, 0.15) is 35.2 Å². The molecule has 26 heavy (non-hydrogen) atoms. The summed E-state index contributed by atoms with van der Waals surface area (Å²) < 4.78 is 19.2. The Kier molecular flexibility index (Phi) is 5.89. The third-order valence-corrected chi connectivity index (χ3v) is 4.91. The minimum absolute atomic E-state index is 0.0537. The average molecular weight is 356 g/mol. The van der Waals surface area contributed by atoms with Crippen LogP contribution >= 0.6 is 0 Å². The van der Waals surface area contributed by atoms with Crippen molar-refractivity contribution in [2.75, 3.05) is 26.7 Å². The zero-order valence-corrected chi connectivity index (χ0v) is 15.2. The Balaban J connectivity index is 1.79. The summed E-state index contributed by atoms with van der Waals surface area (Å²) in [7, 11) is 1.64. The highest BCUT2D eigenvalue weighted by Gasteiger charge is 2.34. The van der Waals surface area contributed by atoms with E-state index in [0.717, 1.165) is 37.4 Å². The Morgan fingerprint density at radius 3 is 2.58 bits per heavy atom. The number of halogens is 1. The average Bonchev–Trinajstić information content (AvgIpc) is 3.04. The largest absolute Gasteiger partial charge is 0.497 e. The number of rotatable bonds is 6. The van der Waals surface area contributed by atoms with Crippen LogP contribution in [0.25, 0.3) is 0 Å². The molecule has 1 N–H and O–H groups in total. The lowest BCUT2D eigenvalue weighted by Gasteiger charge is -2.20. The summed E-state index contributed by atoms with van der Waals surface area (Å²) in [5.41, 5.74) is 1.25. The lowest BCUT2D eigenvalue weighted by atomic mass is 9.94. The maximum atomic E-state index is 13.9. The fourth-order valence-electron chi connectivity index (χ4n) is 3.61. The third-order valence-electron chi connectivity index (χ3n) is 4.91. The Morgan fingerprint density at radius 1 is 1.19 bits per heavy atom. The maximum absolute atomic E-state index is 13.9. The topological polar surface area (TPSA) is 41.6 Å². The number of likely N-dealkylation sites (tertiary alicyclic amines) is 1. The number of amides is 1. The second kappa shape index (κ2) is 8.32. The maximum Gasteiger partial charge on any atom is 0.254 e. The van der Waals surface area contributed by atoms with E-state index in [2.05, 4.69) is 17.1 Å². The van der Waals surface area contributed by atoms with Gasteiger partial charge in [-0.25, -0.2) is 4.39 Å². The molecule has 0 radical (unpaired) electrons. The first-order chi connectivity index (χ1) is 12.6. The number of nitrogens with one attached hydrogen (secondary N) is 1. The summed E-state index contributed by atoms with van der Waals surface area (Å²) in [5.74, 6) is 0.131. The minimum Gasteiger partial charge on any atom is -0.497 e. The molecule has 138 valence electrons. The SMILES string of the molecule is CCCN1C[C@H](NC(=O)c2ccccc2F)[C@@H](c2ccc(OC)cc2)C1. The van der Waals surface area contributed by atoms with Gasteiger partial charge in [0.25, 0.3) is 5.91 Å². The molecule has 1 aliphatic heterocycles. The second-order valence-corrected chi connectivity index (χ2v) is 6.70. The zero-order chi connectivity index (χ0) is 18.5. The molecule has 0 unspecified atom stereocenters. The van der Waals surface area contributed by atoms with Gasteiger partial charge in [-0.05, 0) is 42.8 Å². The van der Waals surface area contributed by atoms with Gasteiger partial charge in [0, 0.05) is 25.0 Å². The van der Waals surface area contributed by atoms with E-state index >= 15 is 0 Å². The Hall–Kier alpha value is -2.40. The van der Waals surface area contributed by atoms with Gasteiger partial charge in [-0.2, -0.15) is 0 Å². The van der Waals surface area contributed by atoms with Crippen molar-refractivity contribution in [3.63, 3.8) is 0 Å². The molecule has 2 aromatic carbocycles. The van der Waals surface area contributed by atoms with Crippen LogP contribution in [0.3, 0.4) is 0 Å². The summed E-state index contributed by atoms with van der Waals surface area (Å²) in [6.45, 7) is 4.78. The number of carbonyl (C=O) groups is 1. The van der Waals surface area contributed by atoms with Gasteiger partial charge in [0.15, 0.2) is 0 Å². The van der Waals surface area contributed by atoms with E-state index in [1.807, 2.05) is 24.3 Å². The van der Waals surface area contributed by atoms with Crippen LogP contribution in [0.2, 0.25) is 0 Å². The predicted molar refractivity (Wildman–Crippen MR) is 100 cm³/mol. The van der Waals surface area contributed by atoms with Crippen molar-refractivity contribution in [2.24, 2.45) is 0 Å². The van der Waals surface area contributed by atoms with Crippen LogP contribution < -0.4 is 10.1 Å². The highest BCUT2D eigenvalue weighted by atomic mass is 19.1. The monoisotopic (exact) mass is 356 g/mol. The van der Waals surface area contributed by atoms with Gasteiger partial charge in [0.05, 0.1) is 12.7 Å². The third kappa shape index (κ3) is 4.05. The zero-order valence-electron chi connectivity index (χ0n) is 15.2. The lowest BCUT2D eigenvalue weighted by Crippen LogP contribution is -2.40. The van der Waals surface area contributed by atoms with Crippen molar-refractivity contribution in [1.29, 1.82) is 0 Å². The number of nitrogens with zero attached hydrogens (tertiary/aromatic N) is 1. The van der Waals surface area contributed by atoms with Gasteiger partial charge in [0.1, 0.15) is 11.6 Å². The molecule has 1 aliphatic rings. The standard InChI is InChI=1S/C21H25FN2O2/c1-3-12-24-13-18(15-8-10-16(26-2)11-9-15)20(14-24)23-21(25)17-6-4-5-7-19(17)22/h4-11,18,20H,3,12-14H2,1-2H3,(H,23,25)/t18-,20+/m1/s1. The molecule has 0 spiro atoms. The van der Waals surface area contributed by atoms with E-state index in [-0.39, 0.29) is 23.4 Å². The first-order valence-corrected chi connectivity index (χ1v) is 9.04. The number of hydrogen-bond acceptors (Lipinski definition) is 3. The molecule has 0 aliphatic carbocycles. The smallest absolute Gasteiger partial charge is 0.254 e. The summed E-state index contributed by atoms with van der Waals surface area (Å²) in [4.78, 5) is 14.9. The highest BCUT2D eigenvalue weighted by molar-refractivity contribution is 5.94. The molecule has 0 aromatic heterocycles. The molecule has 2 aromatic rings. The molecule has 3 rings (SSSR count). The van der Waals surface area contributed by atoms with E-state index in [0.29, 0.717) is 0 Å². The number of hydrogen-bond donors (Lipinski definition) is 1. The van der Waals surface area contributed by atoms with Crippen molar-refractivity contribution in [3.05, 3.63) is 65.5 Å². The molecule has 0 bridgehead atoms. The van der Waals surface area contributed by atoms with Crippen LogP contribution in [0, 0.1) is 5.82 Å². The Bertz CT molecular complexity index is 748. The van der Waals surface area contributed by atoms with Crippen molar-refractivity contribution in [1.82, 2.24) is 10.2 Å². The Morgan fingerprint density at radius 2 is 1.92 bits per heavy atom. The van der Waals surface area contributed by atoms with Crippen LogP contribution in [0.4, 0.5) is 4.39 Å². The van der Waals surface area contributed by atoms with Crippen molar-refractivity contribution in [2.45, 2.75) is 25.3 Å². The number of methoxy groups -OCH3 is 1. The summed E-state index contributed by atoms with van der Waals surface area (Å²) in [5, 5.41) is 3.05. The van der Waals surface area contributed by atoms with E-state index in [9.17, 15) is 9.18 Å². The van der Waals surface area contributed by atoms with Crippen LogP contribution in [0.15, 0.2) is 48.5 Å². The lowest BCUT2D eigenvalue weighted by molar-refractivity contribution is 0.0931. The van der Waals surface area contributed by atoms with Gasteiger partial charge < -0.3 is 15.0 Å². The Labute approximate surface area is 154 Å². The van der Waals surface area contributed by atoms with E-state index in [1.165, 1.54) is 12.1 Å². The van der Waals surface area contributed by atoms with Crippen molar-refractivity contribution >= 4 is 5.91 Å². The van der Waals surface area contributed by atoms with Crippen LogP contribution in [0.5, 0.6) is 5.75 Å². The van der Waals surface area contributed by atoms with Crippen molar-refractivity contribution in [3.8, 4) is 5.75 Å². The molecular weight excluding hydrogens is 331 g/mol. The van der Waals surface area contributed by atoms with Crippen LogP contribution in [-0.4, -0.2) is 43.6 Å². The normalized spacial score (nSPS) is 20.1. The molecule has 1 heterocycles. The first-order valence-electron chi connectivity index (χ1n) is 9.04. The van der Waals surface area contributed by atoms with Gasteiger partial charge in [-0.1, -0.05) is 31.2 Å². The summed E-state index contributed by atoms with van der Waals surface area (Å²) >= 11 is 0. The van der Waals surface area contributed by atoms with E-state index in [1.54, 1.807) is 19.2 Å². The molecule has 5 heteroatoms. The fourth-order valence-corrected chi connectivity index (χ4v) is 3.61. The summed E-state index contributed by atoms with van der Waals surface area (Å²) in [6, 6.07) is 14.0. The van der Waals surface area contributed by atoms with Crippen molar-refractivity contribution < 1.29 is 13.9 Å². The van der Waals surface area contributed by atoms with E-state index in [4.69, 9.17) is 4.74 Å². The van der Waals surface area contributed by atoms with Gasteiger partial charge in [-0.3, -0.25) is 4.79 Å². The molecule has 2 atom stereocenters. The van der Waals surface area contributed by atoms with Gasteiger partial charge >= 0.3 is 0 Å². The minimum atomic E-state index is -0.491. The second-order valence-electron chi connectivity index (χ2n) is 6.70.